The molecule has 5 nitrogen and oxygen atoms in total. The Morgan fingerprint density at radius 2 is 2.09 bits per heavy atom. The number of aromatic nitrogens is 3. The maximum atomic E-state index is 12.8. The predicted octanol–water partition coefficient (Wildman–Crippen LogP) is 2.90. The Labute approximate surface area is 140 Å². The zero-order chi connectivity index (χ0) is 15.8. The van der Waals surface area contributed by atoms with E-state index >= 15 is 0 Å². The summed E-state index contributed by atoms with van der Waals surface area (Å²) < 4.78 is 1.88. The summed E-state index contributed by atoms with van der Waals surface area (Å²) in [7, 11) is 0. The van der Waals surface area contributed by atoms with Crippen molar-refractivity contribution in [3.63, 3.8) is 0 Å². The van der Waals surface area contributed by atoms with Gasteiger partial charge < -0.3 is 4.90 Å². The first-order valence-electron chi connectivity index (χ1n) is 8.11. The molecule has 1 aliphatic carbocycles. The van der Waals surface area contributed by atoms with E-state index in [1.165, 1.54) is 5.56 Å². The van der Waals surface area contributed by atoms with Crippen LogP contribution < -0.4 is 0 Å². The molecule has 120 valence electrons. The van der Waals surface area contributed by atoms with Crippen LogP contribution >= 0.6 is 11.6 Å². The molecule has 2 fully saturated rings. The van der Waals surface area contributed by atoms with E-state index in [-0.39, 0.29) is 17.9 Å². The van der Waals surface area contributed by atoms with Gasteiger partial charge in [-0.25, -0.2) is 9.67 Å². The fraction of sp³-hybridized carbons (Fsp3) is 0.471. The summed E-state index contributed by atoms with van der Waals surface area (Å²) >= 11 is 5.93. The molecule has 0 spiro atoms. The zero-order valence-corrected chi connectivity index (χ0v) is 13.6. The molecule has 1 aromatic heterocycles. The van der Waals surface area contributed by atoms with E-state index < -0.39 is 0 Å². The van der Waals surface area contributed by atoms with Gasteiger partial charge in [0.2, 0.25) is 5.91 Å². The Morgan fingerprint density at radius 1 is 1.26 bits per heavy atom. The molecule has 4 rings (SSSR count). The van der Waals surface area contributed by atoms with Gasteiger partial charge in [-0.2, -0.15) is 5.10 Å². The number of halogens is 1. The molecule has 3 atom stereocenters. The normalized spacial score (nSPS) is 27.0. The van der Waals surface area contributed by atoms with Crippen molar-refractivity contribution in [2.24, 2.45) is 5.92 Å². The van der Waals surface area contributed by atoms with Crippen molar-refractivity contribution in [1.82, 2.24) is 19.7 Å². The fourth-order valence-electron chi connectivity index (χ4n) is 3.56. The summed E-state index contributed by atoms with van der Waals surface area (Å²) in [6.07, 6.45) is 6.32. The second kappa shape index (κ2) is 5.96. The Hall–Kier alpha value is -1.88. The van der Waals surface area contributed by atoms with Crippen molar-refractivity contribution in [3.05, 3.63) is 47.5 Å². The van der Waals surface area contributed by atoms with Gasteiger partial charge in [0.15, 0.2) is 0 Å². The molecular formula is C17H19ClN4O. The second-order valence-electron chi connectivity index (χ2n) is 6.46. The summed E-state index contributed by atoms with van der Waals surface area (Å²) in [6, 6.07) is 8.13. The van der Waals surface area contributed by atoms with Crippen LogP contribution in [0.3, 0.4) is 0 Å². The first-order valence-corrected chi connectivity index (χ1v) is 8.48. The molecule has 0 radical (unpaired) electrons. The van der Waals surface area contributed by atoms with Crippen molar-refractivity contribution in [2.45, 2.75) is 31.2 Å². The third-order valence-corrected chi connectivity index (χ3v) is 5.18. The van der Waals surface area contributed by atoms with E-state index in [0.717, 1.165) is 37.4 Å². The number of carbonyl (C=O) groups excluding carboxylic acids is 1. The molecule has 2 heterocycles. The van der Waals surface area contributed by atoms with Crippen LogP contribution in [0, 0.1) is 5.92 Å². The molecular weight excluding hydrogens is 312 g/mol. The topological polar surface area (TPSA) is 51.0 Å². The van der Waals surface area contributed by atoms with Crippen LogP contribution in [0.4, 0.5) is 0 Å². The van der Waals surface area contributed by atoms with Crippen LogP contribution in [0.5, 0.6) is 0 Å². The van der Waals surface area contributed by atoms with Gasteiger partial charge in [-0.15, -0.1) is 0 Å². The van der Waals surface area contributed by atoms with Gasteiger partial charge >= 0.3 is 0 Å². The van der Waals surface area contributed by atoms with Crippen LogP contribution in [0.1, 0.15) is 36.8 Å². The minimum Gasteiger partial charge on any atom is -0.340 e. The number of likely N-dealkylation sites (tertiary alicyclic amines) is 1. The standard InChI is InChI=1S/C17H19ClN4O/c18-13-5-3-12(4-6-13)15-8-16(15)17(23)21-7-1-2-14(9-21)22-11-19-10-20-22/h3-6,10-11,14-16H,1-2,7-9H2/t14-,15-,16-/m1/s1. The van der Waals surface area contributed by atoms with Gasteiger partial charge in [-0.3, -0.25) is 4.79 Å². The van der Waals surface area contributed by atoms with Crippen LogP contribution in [-0.4, -0.2) is 38.7 Å². The highest BCUT2D eigenvalue weighted by Crippen LogP contribution is 2.49. The van der Waals surface area contributed by atoms with Crippen molar-refractivity contribution >= 4 is 17.5 Å². The van der Waals surface area contributed by atoms with Gasteiger partial charge in [0.25, 0.3) is 0 Å². The summed E-state index contributed by atoms with van der Waals surface area (Å²) in [5.74, 6) is 0.770. The number of hydrogen-bond acceptors (Lipinski definition) is 3. The lowest BCUT2D eigenvalue weighted by Crippen LogP contribution is -2.41. The monoisotopic (exact) mass is 330 g/mol. The average Bonchev–Trinajstić information content (AvgIpc) is 3.18. The number of amides is 1. The number of hydrogen-bond donors (Lipinski definition) is 0. The summed E-state index contributed by atoms with van der Waals surface area (Å²) in [5.41, 5.74) is 1.22. The van der Waals surface area contributed by atoms with E-state index in [1.807, 2.05) is 33.8 Å². The molecule has 0 N–H and O–H groups in total. The molecule has 2 aromatic rings. The van der Waals surface area contributed by atoms with E-state index in [2.05, 4.69) is 10.1 Å². The number of rotatable bonds is 3. The number of nitrogens with zero attached hydrogens (tertiary/aromatic N) is 4. The van der Waals surface area contributed by atoms with Crippen LogP contribution in [-0.2, 0) is 4.79 Å². The highest BCUT2D eigenvalue weighted by atomic mass is 35.5. The number of benzene rings is 1. The molecule has 0 bridgehead atoms. The first-order chi connectivity index (χ1) is 11.2. The highest BCUT2D eigenvalue weighted by Gasteiger charge is 2.46. The summed E-state index contributed by atoms with van der Waals surface area (Å²) in [5, 5.41) is 4.96. The average molecular weight is 331 g/mol. The smallest absolute Gasteiger partial charge is 0.226 e. The van der Waals surface area contributed by atoms with Crippen molar-refractivity contribution in [1.29, 1.82) is 0 Å². The third-order valence-electron chi connectivity index (χ3n) is 4.92. The van der Waals surface area contributed by atoms with Gasteiger partial charge in [-0.1, -0.05) is 23.7 Å². The van der Waals surface area contributed by atoms with Gasteiger partial charge in [0, 0.05) is 24.0 Å². The molecule has 1 aromatic carbocycles. The van der Waals surface area contributed by atoms with Crippen LogP contribution in [0.25, 0.3) is 0 Å². The SMILES string of the molecule is O=C([C@@H]1C[C@@H]1c1ccc(Cl)cc1)N1CCC[C@@H](n2cncn2)C1. The van der Waals surface area contributed by atoms with Crippen molar-refractivity contribution in [3.8, 4) is 0 Å². The Balaban J connectivity index is 1.40. The van der Waals surface area contributed by atoms with E-state index in [9.17, 15) is 4.79 Å². The Bertz CT molecular complexity index is 685. The zero-order valence-electron chi connectivity index (χ0n) is 12.8. The lowest BCUT2D eigenvalue weighted by atomic mass is 10.0. The molecule has 2 aliphatic rings. The molecule has 1 saturated carbocycles. The van der Waals surface area contributed by atoms with E-state index in [0.29, 0.717) is 5.92 Å². The number of piperidine rings is 1. The van der Waals surface area contributed by atoms with E-state index in [4.69, 9.17) is 11.6 Å². The summed E-state index contributed by atoms with van der Waals surface area (Å²) in [6.45, 7) is 1.60. The fourth-order valence-corrected chi connectivity index (χ4v) is 3.68. The molecule has 23 heavy (non-hydrogen) atoms. The lowest BCUT2D eigenvalue weighted by Gasteiger charge is -2.32. The Kier molecular flexibility index (Phi) is 3.81. The molecule has 1 saturated heterocycles. The predicted molar refractivity (Wildman–Crippen MR) is 87.2 cm³/mol. The third kappa shape index (κ3) is 2.98. The minimum absolute atomic E-state index is 0.130. The summed E-state index contributed by atoms with van der Waals surface area (Å²) in [4.78, 5) is 18.8. The van der Waals surface area contributed by atoms with Gasteiger partial charge in [0.1, 0.15) is 12.7 Å². The molecule has 1 aliphatic heterocycles. The quantitative estimate of drug-likeness (QED) is 0.869. The maximum absolute atomic E-state index is 12.8. The van der Waals surface area contributed by atoms with Crippen LogP contribution in [0.2, 0.25) is 5.02 Å². The van der Waals surface area contributed by atoms with Crippen LogP contribution in [0.15, 0.2) is 36.9 Å². The number of carbonyl (C=O) groups is 1. The van der Waals surface area contributed by atoms with Crippen molar-refractivity contribution in [2.75, 3.05) is 13.1 Å². The maximum Gasteiger partial charge on any atom is 0.226 e. The lowest BCUT2D eigenvalue weighted by molar-refractivity contribution is -0.134. The molecule has 6 heteroatoms. The first kappa shape index (κ1) is 14.7. The Morgan fingerprint density at radius 3 is 2.83 bits per heavy atom. The van der Waals surface area contributed by atoms with E-state index in [1.54, 1.807) is 12.7 Å². The second-order valence-corrected chi connectivity index (χ2v) is 6.89. The molecule has 0 unspecified atom stereocenters. The molecule has 1 amide bonds. The van der Waals surface area contributed by atoms with Crippen molar-refractivity contribution < 1.29 is 4.79 Å². The van der Waals surface area contributed by atoms with Gasteiger partial charge in [-0.05, 0) is 42.9 Å². The minimum atomic E-state index is 0.130. The highest BCUT2D eigenvalue weighted by molar-refractivity contribution is 6.30. The van der Waals surface area contributed by atoms with Gasteiger partial charge in [0.05, 0.1) is 6.04 Å². The largest absolute Gasteiger partial charge is 0.340 e.